The fraction of sp³-hybridized carbons (Fsp3) is 0.450. The lowest BCUT2D eigenvalue weighted by Gasteiger charge is -2.34. The van der Waals surface area contributed by atoms with Crippen LogP contribution in [0, 0.1) is 0 Å². The van der Waals surface area contributed by atoms with Crippen molar-refractivity contribution in [1.82, 2.24) is 19.6 Å². The summed E-state index contributed by atoms with van der Waals surface area (Å²) in [6.07, 6.45) is -1.76. The highest BCUT2D eigenvalue weighted by atomic mass is 19.4. The highest BCUT2D eigenvalue weighted by molar-refractivity contribution is 5.95. The first kappa shape index (κ1) is 20.2. The summed E-state index contributed by atoms with van der Waals surface area (Å²) >= 11 is 0. The summed E-state index contributed by atoms with van der Waals surface area (Å²) < 4.78 is 43.0. The number of amides is 2. The predicted molar refractivity (Wildman–Crippen MR) is 100 cm³/mol. The number of piperazine rings is 1. The average molecular weight is 422 g/mol. The first-order chi connectivity index (χ1) is 14.3. The van der Waals surface area contributed by atoms with E-state index in [9.17, 15) is 22.8 Å². The van der Waals surface area contributed by atoms with Crippen LogP contribution in [0.3, 0.4) is 0 Å². The minimum absolute atomic E-state index is 0.110. The lowest BCUT2D eigenvalue weighted by molar-refractivity contribution is -0.274. The van der Waals surface area contributed by atoms with Gasteiger partial charge in [-0.15, -0.1) is 13.2 Å². The molecule has 0 atom stereocenters. The predicted octanol–water partition coefficient (Wildman–Crippen LogP) is 2.72. The molecule has 1 saturated heterocycles. The summed E-state index contributed by atoms with van der Waals surface area (Å²) in [4.78, 5) is 28.6. The quantitative estimate of drug-likeness (QED) is 0.763. The minimum atomic E-state index is -4.82. The van der Waals surface area contributed by atoms with Gasteiger partial charge in [0.25, 0.3) is 11.8 Å². The number of alkyl halides is 3. The molecule has 0 N–H and O–H groups in total. The van der Waals surface area contributed by atoms with Gasteiger partial charge in [-0.05, 0) is 43.5 Å². The van der Waals surface area contributed by atoms with Crippen LogP contribution >= 0.6 is 0 Å². The van der Waals surface area contributed by atoms with E-state index in [-0.39, 0.29) is 11.5 Å². The van der Waals surface area contributed by atoms with Crippen LogP contribution < -0.4 is 4.74 Å². The Hall–Kier alpha value is -3.04. The van der Waals surface area contributed by atoms with Gasteiger partial charge in [-0.3, -0.25) is 14.3 Å². The van der Waals surface area contributed by atoms with Crippen LogP contribution in [-0.2, 0) is 13.0 Å². The maximum absolute atomic E-state index is 12.8. The van der Waals surface area contributed by atoms with Crippen LogP contribution in [0.25, 0.3) is 0 Å². The van der Waals surface area contributed by atoms with Gasteiger partial charge in [0.2, 0.25) is 0 Å². The molecule has 2 aliphatic heterocycles. The molecular weight excluding hydrogens is 401 g/mol. The van der Waals surface area contributed by atoms with Crippen molar-refractivity contribution >= 4 is 11.8 Å². The topological polar surface area (TPSA) is 67.7 Å². The second kappa shape index (κ2) is 8.00. The molecule has 30 heavy (non-hydrogen) atoms. The summed E-state index contributed by atoms with van der Waals surface area (Å²) in [7, 11) is 0. The summed E-state index contributed by atoms with van der Waals surface area (Å²) in [6, 6.07) is 6.84. The molecular formula is C20H21F3N4O3. The smallest absolute Gasteiger partial charge is 0.406 e. The molecule has 1 fully saturated rings. The third-order valence-corrected chi connectivity index (χ3v) is 5.30. The molecule has 1 aromatic carbocycles. The number of carbonyl (C=O) groups excluding carboxylic acids is 2. The van der Waals surface area contributed by atoms with Crippen LogP contribution in [0.1, 0.15) is 39.4 Å². The van der Waals surface area contributed by atoms with E-state index in [0.717, 1.165) is 43.6 Å². The lowest BCUT2D eigenvalue weighted by atomic mass is 10.1. The highest BCUT2D eigenvalue weighted by Gasteiger charge is 2.32. The van der Waals surface area contributed by atoms with Gasteiger partial charge in [-0.2, -0.15) is 5.10 Å². The van der Waals surface area contributed by atoms with Crippen molar-refractivity contribution in [2.45, 2.75) is 32.2 Å². The average Bonchev–Trinajstić information content (AvgIpc) is 3.16. The van der Waals surface area contributed by atoms with Crippen molar-refractivity contribution < 1.29 is 27.5 Å². The maximum Gasteiger partial charge on any atom is 0.573 e. The van der Waals surface area contributed by atoms with Crippen LogP contribution in [0.5, 0.6) is 5.75 Å². The standard InChI is InChI=1S/C20H21F3N4O3/c21-20(22,23)30-16-6-3-4-14(12-16)18(28)25-8-10-26(11-9-25)19(29)17-13-15-5-1-2-7-27(15)24-17/h3-4,6,12-13H,1-2,5,7-11H2. The van der Waals surface area contributed by atoms with Gasteiger partial charge >= 0.3 is 6.36 Å². The number of ether oxygens (including phenoxy) is 1. The van der Waals surface area contributed by atoms with E-state index in [4.69, 9.17) is 0 Å². The van der Waals surface area contributed by atoms with Gasteiger partial charge in [-0.1, -0.05) is 6.07 Å². The molecule has 0 saturated carbocycles. The van der Waals surface area contributed by atoms with Crippen molar-refractivity contribution in [1.29, 1.82) is 0 Å². The van der Waals surface area contributed by atoms with Crippen molar-refractivity contribution in [2.75, 3.05) is 26.2 Å². The van der Waals surface area contributed by atoms with E-state index < -0.39 is 18.0 Å². The van der Waals surface area contributed by atoms with E-state index in [1.54, 1.807) is 4.90 Å². The fourth-order valence-electron chi connectivity index (χ4n) is 3.81. The molecule has 0 radical (unpaired) electrons. The summed E-state index contributed by atoms with van der Waals surface area (Å²) in [6.45, 7) is 2.09. The molecule has 10 heteroatoms. The molecule has 3 heterocycles. The van der Waals surface area contributed by atoms with Crippen LogP contribution in [-0.4, -0.2) is 63.9 Å². The first-order valence-corrected chi connectivity index (χ1v) is 9.81. The number of aromatic nitrogens is 2. The monoisotopic (exact) mass is 422 g/mol. The number of carbonyl (C=O) groups is 2. The molecule has 2 amide bonds. The van der Waals surface area contributed by atoms with Gasteiger partial charge in [0, 0.05) is 44.0 Å². The summed E-state index contributed by atoms with van der Waals surface area (Å²) in [5, 5.41) is 4.41. The summed E-state index contributed by atoms with van der Waals surface area (Å²) in [5.74, 6) is -0.998. The Morgan fingerprint density at radius 2 is 1.63 bits per heavy atom. The molecule has 0 aliphatic carbocycles. The van der Waals surface area contributed by atoms with E-state index in [1.165, 1.54) is 17.0 Å². The van der Waals surface area contributed by atoms with E-state index in [2.05, 4.69) is 9.84 Å². The van der Waals surface area contributed by atoms with Gasteiger partial charge in [0.1, 0.15) is 5.75 Å². The third-order valence-electron chi connectivity index (χ3n) is 5.30. The number of aryl methyl sites for hydroxylation is 2. The molecule has 2 aliphatic rings. The fourth-order valence-corrected chi connectivity index (χ4v) is 3.81. The lowest BCUT2D eigenvalue weighted by Crippen LogP contribution is -2.50. The Kier molecular flexibility index (Phi) is 5.40. The van der Waals surface area contributed by atoms with Crippen molar-refractivity contribution in [2.24, 2.45) is 0 Å². The number of halogens is 3. The third kappa shape index (κ3) is 4.42. The number of benzene rings is 1. The van der Waals surface area contributed by atoms with Crippen molar-refractivity contribution in [3.63, 3.8) is 0 Å². The zero-order valence-corrected chi connectivity index (χ0v) is 16.2. The summed E-state index contributed by atoms with van der Waals surface area (Å²) in [5.41, 5.74) is 1.60. The van der Waals surface area contributed by atoms with E-state index in [1.807, 2.05) is 10.7 Å². The van der Waals surface area contributed by atoms with Crippen LogP contribution in [0.15, 0.2) is 30.3 Å². The maximum atomic E-state index is 12.8. The van der Waals surface area contributed by atoms with Gasteiger partial charge < -0.3 is 14.5 Å². The number of nitrogens with zero attached hydrogens (tertiary/aromatic N) is 4. The molecule has 7 nitrogen and oxygen atoms in total. The molecule has 0 unspecified atom stereocenters. The molecule has 4 rings (SSSR count). The van der Waals surface area contributed by atoms with Crippen LogP contribution in [0.2, 0.25) is 0 Å². The molecule has 0 bridgehead atoms. The van der Waals surface area contributed by atoms with Gasteiger partial charge in [-0.25, -0.2) is 0 Å². The molecule has 1 aromatic heterocycles. The minimum Gasteiger partial charge on any atom is -0.406 e. The molecule has 160 valence electrons. The van der Waals surface area contributed by atoms with Crippen molar-refractivity contribution in [3.8, 4) is 5.75 Å². The van der Waals surface area contributed by atoms with E-state index in [0.29, 0.717) is 31.9 Å². The Labute approximate surface area is 171 Å². The Morgan fingerprint density at radius 3 is 2.30 bits per heavy atom. The second-order valence-electron chi connectivity index (χ2n) is 7.36. The van der Waals surface area contributed by atoms with Gasteiger partial charge in [0.15, 0.2) is 5.69 Å². The number of hydrogen-bond donors (Lipinski definition) is 0. The normalized spacial score (nSPS) is 16.9. The second-order valence-corrected chi connectivity index (χ2v) is 7.36. The SMILES string of the molecule is O=C(c1cccc(OC(F)(F)F)c1)N1CCN(C(=O)c2cc3n(n2)CCCC3)CC1. The van der Waals surface area contributed by atoms with E-state index >= 15 is 0 Å². The molecule has 2 aromatic rings. The number of fused-ring (bicyclic) bond motifs is 1. The Balaban J connectivity index is 1.37. The first-order valence-electron chi connectivity index (χ1n) is 9.81. The van der Waals surface area contributed by atoms with Gasteiger partial charge in [0.05, 0.1) is 0 Å². The number of hydrogen-bond acceptors (Lipinski definition) is 4. The number of rotatable bonds is 3. The Morgan fingerprint density at radius 1 is 0.933 bits per heavy atom. The molecule has 0 spiro atoms. The van der Waals surface area contributed by atoms with Crippen LogP contribution in [0.4, 0.5) is 13.2 Å². The zero-order valence-electron chi connectivity index (χ0n) is 16.2. The highest BCUT2D eigenvalue weighted by Crippen LogP contribution is 2.24. The zero-order chi connectivity index (χ0) is 21.3. The Bertz CT molecular complexity index is 926. The largest absolute Gasteiger partial charge is 0.573 e. The van der Waals surface area contributed by atoms with Crippen molar-refractivity contribution in [3.05, 3.63) is 47.3 Å².